The Morgan fingerprint density at radius 2 is 0.964 bits per heavy atom. The van der Waals surface area contributed by atoms with Crippen LogP contribution in [0.3, 0.4) is 0 Å². The lowest BCUT2D eigenvalue weighted by Crippen LogP contribution is -2.03. The lowest BCUT2D eigenvalue weighted by atomic mass is 10.1. The molecule has 1 aliphatic rings. The van der Waals surface area contributed by atoms with Crippen LogP contribution in [0.2, 0.25) is 0 Å². The second-order valence-corrected chi connectivity index (χ2v) is 8.64. The van der Waals surface area contributed by atoms with Crippen LogP contribution < -0.4 is 0 Å². The average Bonchev–Trinajstić information content (AvgIpc) is 3.01. The molecule has 2 nitrogen and oxygen atoms in total. The molecule has 0 atom stereocenters. The zero-order valence-electron chi connectivity index (χ0n) is 15.1. The molecular formula is C24H18O2S2. The monoisotopic (exact) mass is 402 g/mol. The highest BCUT2D eigenvalue weighted by molar-refractivity contribution is 8.21. The van der Waals surface area contributed by atoms with E-state index in [1.54, 1.807) is 47.8 Å². The molecule has 0 aliphatic heterocycles. The summed E-state index contributed by atoms with van der Waals surface area (Å²) in [7, 11) is 0. The number of carbonyl (C=O) groups is 2. The molecule has 4 rings (SSSR count). The average molecular weight is 403 g/mol. The van der Waals surface area contributed by atoms with Gasteiger partial charge in [0.15, 0.2) is 11.6 Å². The van der Waals surface area contributed by atoms with Crippen LogP contribution in [0.25, 0.3) is 0 Å². The van der Waals surface area contributed by atoms with Gasteiger partial charge in [-0.05, 0) is 11.1 Å². The van der Waals surface area contributed by atoms with Crippen molar-refractivity contribution in [3.8, 4) is 0 Å². The minimum absolute atomic E-state index is 0.156. The normalized spacial score (nSPS) is 12.9. The molecule has 0 saturated carbocycles. The lowest BCUT2D eigenvalue weighted by molar-refractivity contribution is 0.0989. The van der Waals surface area contributed by atoms with Gasteiger partial charge >= 0.3 is 0 Å². The maximum atomic E-state index is 13.0. The predicted molar refractivity (Wildman–Crippen MR) is 118 cm³/mol. The first kappa shape index (κ1) is 18.8. The van der Waals surface area contributed by atoms with E-state index in [2.05, 4.69) is 24.3 Å². The number of benzene rings is 3. The maximum absolute atomic E-state index is 13.0. The number of carbonyl (C=O) groups excluding carboxylic acids is 2. The topological polar surface area (TPSA) is 34.1 Å². The zero-order valence-corrected chi connectivity index (χ0v) is 16.8. The van der Waals surface area contributed by atoms with Gasteiger partial charge in [-0.3, -0.25) is 9.59 Å². The van der Waals surface area contributed by atoms with E-state index in [1.807, 2.05) is 36.4 Å². The molecule has 0 unspecified atom stereocenters. The van der Waals surface area contributed by atoms with Crippen LogP contribution in [0.15, 0.2) is 94.7 Å². The van der Waals surface area contributed by atoms with E-state index in [4.69, 9.17) is 0 Å². The van der Waals surface area contributed by atoms with Crippen molar-refractivity contribution in [3.05, 3.63) is 117 Å². The zero-order chi connectivity index (χ0) is 19.3. The largest absolute Gasteiger partial charge is 0.288 e. The van der Waals surface area contributed by atoms with Gasteiger partial charge in [-0.15, -0.1) is 23.5 Å². The van der Waals surface area contributed by atoms with E-state index in [0.29, 0.717) is 16.7 Å². The van der Waals surface area contributed by atoms with E-state index < -0.39 is 0 Å². The van der Waals surface area contributed by atoms with Crippen molar-refractivity contribution in [2.24, 2.45) is 0 Å². The molecule has 0 saturated heterocycles. The van der Waals surface area contributed by atoms with Gasteiger partial charge in [0.25, 0.3) is 0 Å². The minimum atomic E-state index is -0.156. The third-order valence-corrected chi connectivity index (χ3v) is 7.10. The number of hydrogen-bond donors (Lipinski definition) is 0. The Bertz CT molecular complexity index is 958. The Balaban J connectivity index is 1.65. The van der Waals surface area contributed by atoms with Gasteiger partial charge in [-0.2, -0.15) is 0 Å². The summed E-state index contributed by atoms with van der Waals surface area (Å²) in [6.45, 7) is 0. The Hall–Kier alpha value is -2.56. The van der Waals surface area contributed by atoms with Gasteiger partial charge in [0.2, 0.25) is 0 Å². The molecule has 3 aromatic carbocycles. The van der Waals surface area contributed by atoms with Crippen molar-refractivity contribution in [2.75, 3.05) is 0 Å². The van der Waals surface area contributed by atoms with Crippen molar-refractivity contribution in [3.63, 3.8) is 0 Å². The van der Waals surface area contributed by atoms with E-state index in [0.717, 1.165) is 15.7 Å². The van der Waals surface area contributed by atoms with Crippen LogP contribution in [0, 0.1) is 0 Å². The third kappa shape index (κ3) is 3.98. The molecule has 3 aromatic rings. The predicted octanol–water partition coefficient (Wildman–Crippen LogP) is 6.14. The highest BCUT2D eigenvalue weighted by Crippen LogP contribution is 2.41. The summed E-state index contributed by atoms with van der Waals surface area (Å²) in [6.07, 6.45) is 0. The highest BCUT2D eigenvalue weighted by Gasteiger charge is 2.35. The molecule has 0 aromatic heterocycles. The summed E-state index contributed by atoms with van der Waals surface area (Å²) >= 11 is 3.14. The van der Waals surface area contributed by atoms with Gasteiger partial charge in [0, 0.05) is 22.6 Å². The highest BCUT2D eigenvalue weighted by atomic mass is 32.2. The van der Waals surface area contributed by atoms with Gasteiger partial charge in [-0.25, -0.2) is 0 Å². The first-order valence-corrected chi connectivity index (χ1v) is 11.0. The molecular weight excluding hydrogens is 384 g/mol. The molecule has 1 aliphatic carbocycles. The summed E-state index contributed by atoms with van der Waals surface area (Å²) in [5, 5.41) is 0. The molecule has 0 heterocycles. The SMILES string of the molecule is O=C1C(=C(SCc2ccccc2)SCc2ccccc2)C(=O)c2ccccc21. The summed E-state index contributed by atoms with van der Waals surface area (Å²) in [6, 6.07) is 27.3. The van der Waals surface area contributed by atoms with E-state index in [9.17, 15) is 9.59 Å². The number of Topliss-reactive ketones (excluding diaryl/α,β-unsaturated/α-hetero) is 2. The Morgan fingerprint density at radius 3 is 1.39 bits per heavy atom. The quantitative estimate of drug-likeness (QED) is 0.366. The van der Waals surface area contributed by atoms with Crippen molar-refractivity contribution in [1.29, 1.82) is 0 Å². The van der Waals surface area contributed by atoms with Gasteiger partial charge in [-0.1, -0.05) is 84.9 Å². The summed E-state index contributed by atoms with van der Waals surface area (Å²) < 4.78 is 0.805. The first-order chi connectivity index (χ1) is 13.7. The van der Waals surface area contributed by atoms with Gasteiger partial charge in [0.1, 0.15) is 0 Å². The molecule has 0 bridgehead atoms. The van der Waals surface area contributed by atoms with Gasteiger partial charge in [0.05, 0.1) is 9.81 Å². The van der Waals surface area contributed by atoms with Crippen molar-refractivity contribution < 1.29 is 9.59 Å². The van der Waals surface area contributed by atoms with Crippen LogP contribution in [0.1, 0.15) is 31.8 Å². The van der Waals surface area contributed by atoms with Gasteiger partial charge < -0.3 is 0 Å². The molecule has 0 N–H and O–H groups in total. The molecule has 0 amide bonds. The molecule has 0 radical (unpaired) electrons. The number of thioether (sulfide) groups is 2. The number of rotatable bonds is 6. The number of hydrogen-bond acceptors (Lipinski definition) is 4. The standard InChI is InChI=1S/C24H18O2S2/c25-22-19-13-7-8-14-20(19)23(26)21(22)24(27-15-17-9-3-1-4-10-17)28-16-18-11-5-2-6-12-18/h1-14H,15-16H2. The van der Waals surface area contributed by atoms with Crippen LogP contribution in [0.4, 0.5) is 0 Å². The second-order valence-electron chi connectivity index (χ2n) is 6.41. The fourth-order valence-corrected chi connectivity index (χ4v) is 5.40. The lowest BCUT2D eigenvalue weighted by Gasteiger charge is -2.10. The Morgan fingerprint density at radius 1 is 0.571 bits per heavy atom. The van der Waals surface area contributed by atoms with Crippen molar-refractivity contribution in [1.82, 2.24) is 0 Å². The maximum Gasteiger partial charge on any atom is 0.199 e. The van der Waals surface area contributed by atoms with Crippen molar-refractivity contribution in [2.45, 2.75) is 11.5 Å². The molecule has 0 spiro atoms. The molecule has 28 heavy (non-hydrogen) atoms. The van der Waals surface area contributed by atoms with Crippen molar-refractivity contribution >= 4 is 35.1 Å². The molecule has 0 fully saturated rings. The molecule has 4 heteroatoms. The number of ketones is 2. The summed E-state index contributed by atoms with van der Waals surface area (Å²) in [5.74, 6) is 1.13. The smallest absolute Gasteiger partial charge is 0.199 e. The van der Waals surface area contributed by atoms with Crippen LogP contribution in [-0.2, 0) is 11.5 Å². The van der Waals surface area contributed by atoms with E-state index in [-0.39, 0.29) is 11.6 Å². The minimum Gasteiger partial charge on any atom is -0.288 e. The summed E-state index contributed by atoms with van der Waals surface area (Å²) in [4.78, 5) is 25.9. The Kier molecular flexibility index (Phi) is 5.79. The second kappa shape index (κ2) is 8.63. The van der Waals surface area contributed by atoms with Crippen LogP contribution >= 0.6 is 23.5 Å². The molecule has 138 valence electrons. The fourth-order valence-electron chi connectivity index (χ4n) is 3.07. The Labute approximate surface area is 173 Å². The van der Waals surface area contributed by atoms with E-state index >= 15 is 0 Å². The fraction of sp³-hybridized carbons (Fsp3) is 0.0833. The number of fused-ring (bicyclic) bond motifs is 1. The summed E-state index contributed by atoms with van der Waals surface area (Å²) in [5.41, 5.74) is 3.69. The first-order valence-electron chi connectivity index (χ1n) is 9.00. The van der Waals surface area contributed by atoms with E-state index in [1.165, 1.54) is 11.1 Å². The van der Waals surface area contributed by atoms with Crippen LogP contribution in [0.5, 0.6) is 0 Å². The third-order valence-electron chi connectivity index (χ3n) is 4.50. The van der Waals surface area contributed by atoms with Crippen LogP contribution in [-0.4, -0.2) is 11.6 Å². The number of allylic oxidation sites excluding steroid dienone is 1.